The van der Waals surface area contributed by atoms with Crippen LogP contribution in [0.1, 0.15) is 11.1 Å². The number of nitrogens with one attached hydrogen (secondary N) is 2. The minimum absolute atomic E-state index is 0.178. The summed E-state index contributed by atoms with van der Waals surface area (Å²) in [6, 6.07) is 2.64. The zero-order valence-electron chi connectivity index (χ0n) is 13.8. The fourth-order valence-electron chi connectivity index (χ4n) is 2.84. The Hall–Kier alpha value is -1.81. The molecule has 0 bridgehead atoms. The lowest BCUT2D eigenvalue weighted by atomic mass is 10.0. The topological polar surface area (TPSA) is 44.4 Å². The number of piperazine rings is 1. The van der Waals surface area contributed by atoms with Crippen molar-refractivity contribution in [3.8, 4) is 0 Å². The molecule has 26 heavy (non-hydrogen) atoms. The summed E-state index contributed by atoms with van der Waals surface area (Å²) in [6.07, 6.45) is -9.82. The summed E-state index contributed by atoms with van der Waals surface area (Å²) in [6.45, 7) is 0.462. The van der Waals surface area contributed by atoms with E-state index in [1.54, 1.807) is 0 Å². The predicted octanol–water partition coefficient (Wildman–Crippen LogP) is 2.20. The molecule has 0 aliphatic carbocycles. The smallest absolute Gasteiger partial charge is 0.354 e. The van der Waals surface area contributed by atoms with Gasteiger partial charge in [0, 0.05) is 32.7 Å². The average molecular weight is 383 g/mol. The number of carbonyl (C=O) groups excluding carboxylic acids is 1. The van der Waals surface area contributed by atoms with Crippen LogP contribution in [0.2, 0.25) is 0 Å². The van der Waals surface area contributed by atoms with Gasteiger partial charge in [0.25, 0.3) is 0 Å². The Kier molecular flexibility index (Phi) is 6.51. The van der Waals surface area contributed by atoms with Gasteiger partial charge in [-0.3, -0.25) is 9.69 Å². The van der Waals surface area contributed by atoms with E-state index in [2.05, 4.69) is 10.6 Å². The summed E-state index contributed by atoms with van der Waals surface area (Å²) in [5.74, 6) is -0.883. The van der Waals surface area contributed by atoms with Crippen LogP contribution < -0.4 is 10.6 Å². The second-order valence-electron chi connectivity index (χ2n) is 5.98. The number of rotatable bonds is 5. The van der Waals surface area contributed by atoms with Crippen LogP contribution in [0.5, 0.6) is 0 Å². The van der Waals surface area contributed by atoms with E-state index in [1.807, 2.05) is 0 Å². The van der Waals surface area contributed by atoms with Crippen LogP contribution in [0.4, 0.5) is 26.3 Å². The summed E-state index contributed by atoms with van der Waals surface area (Å²) >= 11 is 0. The third-order valence-corrected chi connectivity index (χ3v) is 4.14. The Morgan fingerprint density at radius 3 is 2.31 bits per heavy atom. The number of nitrogens with zero attached hydrogens (tertiary/aromatic N) is 1. The van der Waals surface area contributed by atoms with Crippen molar-refractivity contribution in [2.45, 2.75) is 24.8 Å². The highest BCUT2D eigenvalue weighted by Gasteiger charge is 2.43. The SMILES string of the molecule is O=C(Cc1ccccc1C(F)(F)F)NCC(N1CCNCC1)C(F)(F)F. The third kappa shape index (κ3) is 5.60. The quantitative estimate of drug-likeness (QED) is 0.767. The standard InChI is InChI=1S/C16H19F6N3O/c17-15(18,19)12-4-2-1-3-11(12)9-14(26)24-10-13(16(20,21)22)25-7-5-23-6-8-25/h1-4,13,23H,5-10H2,(H,24,26). The lowest BCUT2D eigenvalue weighted by molar-refractivity contribution is -0.184. The lowest BCUT2D eigenvalue weighted by Crippen LogP contribution is -2.57. The maximum atomic E-state index is 13.2. The molecule has 1 aromatic carbocycles. The van der Waals surface area contributed by atoms with E-state index < -0.39 is 42.8 Å². The first kappa shape index (κ1) is 20.5. The molecule has 2 rings (SSSR count). The van der Waals surface area contributed by atoms with Crippen molar-refractivity contribution in [3.63, 3.8) is 0 Å². The van der Waals surface area contributed by atoms with E-state index in [4.69, 9.17) is 0 Å². The number of halogens is 6. The van der Waals surface area contributed by atoms with Gasteiger partial charge < -0.3 is 10.6 Å². The molecule has 1 aliphatic heterocycles. The Labute approximate surface area is 146 Å². The highest BCUT2D eigenvalue weighted by Crippen LogP contribution is 2.32. The number of alkyl halides is 6. The molecule has 0 saturated carbocycles. The maximum Gasteiger partial charge on any atom is 0.416 e. The van der Waals surface area contributed by atoms with Gasteiger partial charge in [-0.05, 0) is 11.6 Å². The normalized spacial score (nSPS) is 17.8. The van der Waals surface area contributed by atoms with Crippen LogP contribution in [0, 0.1) is 0 Å². The van der Waals surface area contributed by atoms with Crippen LogP contribution in [0.25, 0.3) is 0 Å². The van der Waals surface area contributed by atoms with Gasteiger partial charge in [0.1, 0.15) is 6.04 Å². The molecule has 146 valence electrons. The van der Waals surface area contributed by atoms with Gasteiger partial charge in [0.05, 0.1) is 12.0 Å². The molecule has 1 aliphatic rings. The number of hydrogen-bond acceptors (Lipinski definition) is 3. The van der Waals surface area contributed by atoms with Gasteiger partial charge in [-0.1, -0.05) is 18.2 Å². The molecule has 1 amide bonds. The fourth-order valence-corrected chi connectivity index (χ4v) is 2.84. The van der Waals surface area contributed by atoms with Gasteiger partial charge >= 0.3 is 12.4 Å². The Morgan fingerprint density at radius 1 is 1.12 bits per heavy atom. The van der Waals surface area contributed by atoms with Crippen LogP contribution in [-0.2, 0) is 17.4 Å². The van der Waals surface area contributed by atoms with Crippen LogP contribution in [-0.4, -0.2) is 55.7 Å². The molecule has 0 aromatic heterocycles. The molecule has 1 aromatic rings. The lowest BCUT2D eigenvalue weighted by Gasteiger charge is -2.35. The molecular weight excluding hydrogens is 364 g/mol. The van der Waals surface area contributed by atoms with Crippen molar-refractivity contribution >= 4 is 5.91 Å². The Morgan fingerprint density at radius 2 is 1.73 bits per heavy atom. The Balaban J connectivity index is 2.01. The van der Waals surface area contributed by atoms with Crippen LogP contribution in [0.15, 0.2) is 24.3 Å². The highest BCUT2D eigenvalue weighted by atomic mass is 19.4. The molecule has 4 nitrogen and oxygen atoms in total. The average Bonchev–Trinajstić information content (AvgIpc) is 2.54. The first-order chi connectivity index (χ1) is 12.1. The van der Waals surface area contributed by atoms with Crippen molar-refractivity contribution in [3.05, 3.63) is 35.4 Å². The minimum Gasteiger partial charge on any atom is -0.354 e. The van der Waals surface area contributed by atoms with E-state index in [-0.39, 0.29) is 18.7 Å². The van der Waals surface area contributed by atoms with Gasteiger partial charge in [0.15, 0.2) is 0 Å². The maximum absolute atomic E-state index is 13.2. The highest BCUT2D eigenvalue weighted by molar-refractivity contribution is 5.79. The summed E-state index contributed by atoms with van der Waals surface area (Å²) in [7, 11) is 0. The minimum atomic E-state index is -4.63. The number of carbonyl (C=O) groups is 1. The van der Waals surface area contributed by atoms with Gasteiger partial charge in [-0.2, -0.15) is 26.3 Å². The molecule has 1 saturated heterocycles. The summed E-state index contributed by atoms with van der Waals surface area (Å²) in [5.41, 5.74) is -1.24. The first-order valence-electron chi connectivity index (χ1n) is 8.02. The molecule has 1 unspecified atom stereocenters. The van der Waals surface area contributed by atoms with Crippen LogP contribution in [0.3, 0.4) is 0 Å². The second kappa shape index (κ2) is 8.26. The number of benzene rings is 1. The van der Waals surface area contributed by atoms with Crippen LogP contribution >= 0.6 is 0 Å². The molecule has 0 radical (unpaired) electrons. The number of hydrogen-bond donors (Lipinski definition) is 2. The summed E-state index contributed by atoms with van der Waals surface area (Å²) < 4.78 is 78.5. The van der Waals surface area contributed by atoms with Crippen molar-refractivity contribution in [1.29, 1.82) is 0 Å². The monoisotopic (exact) mass is 383 g/mol. The predicted molar refractivity (Wildman–Crippen MR) is 82.4 cm³/mol. The van der Waals surface area contributed by atoms with Crippen molar-refractivity contribution in [2.24, 2.45) is 0 Å². The van der Waals surface area contributed by atoms with Crippen molar-refractivity contribution in [2.75, 3.05) is 32.7 Å². The van der Waals surface area contributed by atoms with E-state index in [9.17, 15) is 31.1 Å². The van der Waals surface area contributed by atoms with E-state index in [0.717, 1.165) is 12.1 Å². The zero-order chi connectivity index (χ0) is 19.4. The van der Waals surface area contributed by atoms with Gasteiger partial charge in [-0.25, -0.2) is 0 Å². The summed E-state index contributed by atoms with van der Waals surface area (Å²) in [5, 5.41) is 5.06. The number of amides is 1. The molecule has 2 N–H and O–H groups in total. The van der Waals surface area contributed by atoms with E-state index >= 15 is 0 Å². The molecule has 1 heterocycles. The van der Waals surface area contributed by atoms with Crippen molar-refractivity contribution < 1.29 is 31.1 Å². The molecule has 0 spiro atoms. The van der Waals surface area contributed by atoms with Gasteiger partial charge in [-0.15, -0.1) is 0 Å². The fraction of sp³-hybridized carbons (Fsp3) is 0.562. The second-order valence-corrected chi connectivity index (χ2v) is 5.98. The first-order valence-corrected chi connectivity index (χ1v) is 8.02. The molecule has 1 atom stereocenters. The van der Waals surface area contributed by atoms with E-state index in [0.29, 0.717) is 13.1 Å². The third-order valence-electron chi connectivity index (χ3n) is 4.14. The van der Waals surface area contributed by atoms with Gasteiger partial charge in [0.2, 0.25) is 5.91 Å². The zero-order valence-corrected chi connectivity index (χ0v) is 13.8. The van der Waals surface area contributed by atoms with Crippen molar-refractivity contribution in [1.82, 2.24) is 15.5 Å². The molecular formula is C16H19F6N3O. The summed E-state index contributed by atoms with van der Waals surface area (Å²) in [4.78, 5) is 13.1. The van der Waals surface area contributed by atoms with E-state index in [1.165, 1.54) is 17.0 Å². The molecule has 10 heteroatoms. The largest absolute Gasteiger partial charge is 0.416 e. The molecule has 1 fully saturated rings. The Bertz CT molecular complexity index is 611.